The van der Waals surface area contributed by atoms with Crippen molar-refractivity contribution in [1.29, 1.82) is 0 Å². The van der Waals surface area contributed by atoms with Gasteiger partial charge in [0.05, 0.1) is 5.75 Å². The Labute approximate surface area is 211 Å². The van der Waals surface area contributed by atoms with Gasteiger partial charge in [0.15, 0.2) is 0 Å². The maximum absolute atomic E-state index is 12.8. The standard InChI is InChI=1S/C28H37N3OS2/c1-16-6-7-21-22(8-16)34-26-24(21)25(33-15-23(32)29-20-4-2-3-5-20)30-27(31-26)28-12-17-9-18(13-28)11-19(10-17)14-28/h16-20H,2-15H2,1H3,(H,29,32)/t16-,17?,18?,19?,28?/m0/s1. The molecule has 8 rings (SSSR count). The smallest absolute Gasteiger partial charge is 0.230 e. The molecule has 6 aliphatic rings. The van der Waals surface area contributed by atoms with E-state index in [1.165, 1.54) is 84.9 Å². The van der Waals surface area contributed by atoms with Crippen molar-refractivity contribution in [3.05, 3.63) is 16.3 Å². The topological polar surface area (TPSA) is 54.9 Å². The lowest BCUT2D eigenvalue weighted by Gasteiger charge is -2.56. The van der Waals surface area contributed by atoms with Crippen LogP contribution in [0.5, 0.6) is 0 Å². The second-order valence-electron chi connectivity index (χ2n) is 12.4. The molecule has 1 N–H and O–H groups in total. The van der Waals surface area contributed by atoms with Crippen LogP contribution in [0.4, 0.5) is 0 Å². The zero-order valence-corrected chi connectivity index (χ0v) is 22.0. The Hall–Kier alpha value is -1.14. The molecular formula is C28H37N3OS2. The Morgan fingerprint density at radius 3 is 2.47 bits per heavy atom. The van der Waals surface area contributed by atoms with E-state index < -0.39 is 0 Å². The number of rotatable bonds is 5. The van der Waals surface area contributed by atoms with Gasteiger partial charge in [-0.25, -0.2) is 9.97 Å². The quantitative estimate of drug-likeness (QED) is 0.383. The van der Waals surface area contributed by atoms with Crippen LogP contribution in [0.1, 0.15) is 93.8 Å². The molecule has 1 amide bonds. The van der Waals surface area contributed by atoms with E-state index in [1.54, 1.807) is 11.8 Å². The fourth-order valence-electron chi connectivity index (χ4n) is 8.51. The third-order valence-electron chi connectivity index (χ3n) is 9.69. The molecule has 5 saturated carbocycles. The molecular weight excluding hydrogens is 458 g/mol. The highest BCUT2D eigenvalue weighted by Gasteiger charge is 2.53. The van der Waals surface area contributed by atoms with Crippen molar-refractivity contribution < 1.29 is 4.79 Å². The van der Waals surface area contributed by atoms with Crippen molar-refractivity contribution in [3.63, 3.8) is 0 Å². The molecule has 0 radical (unpaired) electrons. The number of nitrogens with one attached hydrogen (secondary N) is 1. The Balaban J connectivity index is 1.24. The van der Waals surface area contributed by atoms with Gasteiger partial charge < -0.3 is 5.32 Å². The lowest BCUT2D eigenvalue weighted by atomic mass is 9.49. The van der Waals surface area contributed by atoms with Gasteiger partial charge in [0.2, 0.25) is 5.91 Å². The lowest BCUT2D eigenvalue weighted by Crippen LogP contribution is -2.49. The van der Waals surface area contributed by atoms with Gasteiger partial charge in [-0.15, -0.1) is 11.3 Å². The fraction of sp³-hybridized carbons (Fsp3) is 0.750. The van der Waals surface area contributed by atoms with Gasteiger partial charge in [0, 0.05) is 21.7 Å². The molecule has 0 aromatic carbocycles. The highest BCUT2D eigenvalue weighted by atomic mass is 32.2. The number of hydrogen-bond acceptors (Lipinski definition) is 5. The Bertz CT molecular complexity index is 1080. The summed E-state index contributed by atoms with van der Waals surface area (Å²) >= 11 is 3.61. The Morgan fingerprint density at radius 1 is 1.06 bits per heavy atom. The largest absolute Gasteiger partial charge is 0.353 e. The van der Waals surface area contributed by atoms with Crippen LogP contribution < -0.4 is 5.32 Å². The molecule has 2 aromatic rings. The van der Waals surface area contributed by atoms with Crippen LogP contribution in [0.25, 0.3) is 10.2 Å². The highest BCUT2D eigenvalue weighted by molar-refractivity contribution is 8.00. The zero-order valence-electron chi connectivity index (χ0n) is 20.4. The van der Waals surface area contributed by atoms with E-state index in [4.69, 9.17) is 9.97 Å². The minimum Gasteiger partial charge on any atom is -0.353 e. The summed E-state index contributed by atoms with van der Waals surface area (Å²) in [4.78, 5) is 26.3. The molecule has 0 unspecified atom stereocenters. The number of fused-ring (bicyclic) bond motifs is 3. The van der Waals surface area contributed by atoms with E-state index in [9.17, 15) is 4.79 Å². The summed E-state index contributed by atoms with van der Waals surface area (Å²) < 4.78 is 0. The van der Waals surface area contributed by atoms with Crippen LogP contribution in [0.15, 0.2) is 5.03 Å². The van der Waals surface area contributed by atoms with Crippen LogP contribution in [0, 0.1) is 23.7 Å². The summed E-state index contributed by atoms with van der Waals surface area (Å²) in [5.41, 5.74) is 1.69. The van der Waals surface area contributed by atoms with Gasteiger partial charge in [-0.1, -0.05) is 31.5 Å². The SMILES string of the molecule is C[C@H]1CCc2c(sc3nc(C45CC6CC(CC(C6)C4)C5)nc(SCC(=O)NC4CCCC4)c23)C1. The lowest BCUT2D eigenvalue weighted by molar-refractivity contribution is -0.119. The minimum atomic E-state index is 0.178. The molecule has 1 atom stereocenters. The first-order valence-corrected chi connectivity index (χ1v) is 15.6. The molecule has 4 nitrogen and oxygen atoms in total. The molecule has 0 spiro atoms. The van der Waals surface area contributed by atoms with Crippen molar-refractivity contribution in [2.24, 2.45) is 23.7 Å². The summed E-state index contributed by atoms with van der Waals surface area (Å²) in [7, 11) is 0. The number of aromatic nitrogens is 2. The van der Waals surface area contributed by atoms with Crippen LogP contribution in [0.3, 0.4) is 0 Å². The van der Waals surface area contributed by atoms with Crippen molar-refractivity contribution in [2.75, 3.05) is 5.75 Å². The van der Waals surface area contributed by atoms with Crippen LogP contribution in [-0.4, -0.2) is 27.7 Å². The van der Waals surface area contributed by atoms with Crippen LogP contribution in [-0.2, 0) is 23.1 Å². The number of carbonyl (C=O) groups is 1. The van der Waals surface area contributed by atoms with E-state index in [0.29, 0.717) is 11.8 Å². The number of nitrogens with zero attached hydrogens (tertiary/aromatic N) is 2. The molecule has 5 fully saturated rings. The van der Waals surface area contributed by atoms with Crippen LogP contribution in [0.2, 0.25) is 0 Å². The van der Waals surface area contributed by atoms with E-state index in [1.807, 2.05) is 11.3 Å². The molecule has 182 valence electrons. The Kier molecular flexibility index (Phi) is 5.50. The second kappa shape index (κ2) is 8.47. The molecule has 0 saturated heterocycles. The zero-order chi connectivity index (χ0) is 22.9. The normalized spacial score (nSPS) is 34.6. The number of amides is 1. The number of thiophene rings is 1. The first-order chi connectivity index (χ1) is 16.5. The summed E-state index contributed by atoms with van der Waals surface area (Å²) in [5, 5.41) is 5.67. The molecule has 6 heteroatoms. The summed E-state index contributed by atoms with van der Waals surface area (Å²) in [5.74, 6) is 5.19. The van der Waals surface area contributed by atoms with E-state index in [2.05, 4.69) is 12.2 Å². The van der Waals surface area contributed by atoms with Crippen molar-refractivity contribution in [3.8, 4) is 0 Å². The predicted molar refractivity (Wildman–Crippen MR) is 140 cm³/mol. The average Bonchev–Trinajstić information content (AvgIpc) is 3.43. The van der Waals surface area contributed by atoms with Crippen LogP contribution >= 0.6 is 23.1 Å². The predicted octanol–water partition coefficient (Wildman–Crippen LogP) is 6.43. The minimum absolute atomic E-state index is 0.178. The van der Waals surface area contributed by atoms with Crippen molar-refractivity contribution >= 4 is 39.2 Å². The van der Waals surface area contributed by atoms with E-state index >= 15 is 0 Å². The molecule has 2 heterocycles. The summed E-state index contributed by atoms with van der Waals surface area (Å²) in [6.45, 7) is 2.38. The molecule has 2 aromatic heterocycles. The van der Waals surface area contributed by atoms with E-state index in [0.717, 1.165) is 53.8 Å². The van der Waals surface area contributed by atoms with Gasteiger partial charge in [-0.2, -0.15) is 0 Å². The Morgan fingerprint density at radius 2 is 1.76 bits per heavy atom. The van der Waals surface area contributed by atoms with Gasteiger partial charge >= 0.3 is 0 Å². The second-order valence-corrected chi connectivity index (χ2v) is 14.5. The van der Waals surface area contributed by atoms with Gasteiger partial charge in [-0.3, -0.25) is 4.79 Å². The number of carbonyl (C=O) groups excluding carboxylic acids is 1. The highest BCUT2D eigenvalue weighted by Crippen LogP contribution is 2.60. The third kappa shape index (κ3) is 3.82. The molecule has 34 heavy (non-hydrogen) atoms. The van der Waals surface area contributed by atoms with Gasteiger partial charge in [-0.05, 0) is 99.9 Å². The van der Waals surface area contributed by atoms with Gasteiger partial charge in [0.1, 0.15) is 15.7 Å². The maximum Gasteiger partial charge on any atom is 0.230 e. The summed E-state index contributed by atoms with van der Waals surface area (Å²) in [6, 6.07) is 0.386. The van der Waals surface area contributed by atoms with Crippen molar-refractivity contribution in [2.45, 2.75) is 107 Å². The van der Waals surface area contributed by atoms with E-state index in [-0.39, 0.29) is 11.3 Å². The fourth-order valence-corrected chi connectivity index (χ4v) is 10.8. The average molecular weight is 496 g/mol. The maximum atomic E-state index is 12.8. The first-order valence-electron chi connectivity index (χ1n) is 13.8. The third-order valence-corrected chi connectivity index (χ3v) is 11.8. The molecule has 4 bridgehead atoms. The molecule has 0 aliphatic heterocycles. The number of aryl methyl sites for hydroxylation is 1. The monoisotopic (exact) mass is 495 g/mol. The molecule has 6 aliphatic carbocycles. The number of thioether (sulfide) groups is 1. The van der Waals surface area contributed by atoms with Gasteiger partial charge in [0.25, 0.3) is 0 Å². The summed E-state index contributed by atoms with van der Waals surface area (Å²) in [6.07, 6.45) is 16.5. The first kappa shape index (κ1) is 22.1. The number of hydrogen-bond donors (Lipinski definition) is 1. The van der Waals surface area contributed by atoms with Crippen molar-refractivity contribution in [1.82, 2.24) is 15.3 Å².